The van der Waals surface area contributed by atoms with Crippen molar-refractivity contribution in [3.05, 3.63) is 43.5 Å². The first-order valence-electron chi connectivity index (χ1n) is 5.85. The van der Waals surface area contributed by atoms with Crippen LogP contribution in [0.4, 0.5) is 11.4 Å². The highest BCUT2D eigenvalue weighted by molar-refractivity contribution is 14.1. The summed E-state index contributed by atoms with van der Waals surface area (Å²) in [5, 5.41) is 0. The second-order valence-corrected chi connectivity index (χ2v) is 9.84. The fourth-order valence-electron chi connectivity index (χ4n) is 1.65. The molecule has 0 unspecified atom stereocenters. The highest BCUT2D eigenvalue weighted by Crippen LogP contribution is 2.27. The highest BCUT2D eigenvalue weighted by atomic mass is 127. The van der Waals surface area contributed by atoms with Crippen LogP contribution in [-0.4, -0.2) is 21.4 Å². The van der Waals surface area contributed by atoms with Crippen LogP contribution in [0.1, 0.15) is 0 Å². The molecule has 2 aromatic carbocycles. The van der Waals surface area contributed by atoms with Gasteiger partial charge in [0.1, 0.15) is 0 Å². The number of anilines is 2. The monoisotopic (exact) mass is 580 g/mol. The normalized spacial score (nSPS) is 12.1. The summed E-state index contributed by atoms with van der Waals surface area (Å²) >= 11 is 3.86. The molecule has 0 aliphatic heterocycles. The Morgan fingerprint density at radius 2 is 1.52 bits per heavy atom. The fourth-order valence-corrected chi connectivity index (χ4v) is 5.47. The lowest BCUT2D eigenvalue weighted by atomic mass is 10.3. The van der Waals surface area contributed by atoms with Gasteiger partial charge in [0, 0.05) is 7.14 Å². The molecule has 2 rings (SSSR count). The molecule has 0 aromatic heterocycles. The SMILES string of the molecule is Nc1c(I)cc(S(=O)(=O)Nc2cccc(S(=O)(=O)O)c2)cc1I. The summed E-state index contributed by atoms with van der Waals surface area (Å²) < 4.78 is 59.5. The zero-order valence-corrected chi connectivity index (χ0v) is 17.1. The van der Waals surface area contributed by atoms with E-state index in [0.717, 1.165) is 12.1 Å². The lowest BCUT2D eigenvalue weighted by Gasteiger charge is -2.11. The van der Waals surface area contributed by atoms with Gasteiger partial charge < -0.3 is 5.73 Å². The van der Waals surface area contributed by atoms with E-state index in [1.54, 1.807) is 0 Å². The van der Waals surface area contributed by atoms with Crippen LogP contribution in [0.15, 0.2) is 46.2 Å². The zero-order valence-electron chi connectivity index (χ0n) is 11.2. The standard InChI is InChI=1S/C12H10I2N2O5S2/c13-10-5-9(6-11(14)12(10)15)22(17,18)16-7-2-1-3-8(4-7)23(19,20)21/h1-6,16H,15H2,(H,19,20,21). The number of nitrogens with two attached hydrogens (primary N) is 1. The van der Waals surface area contributed by atoms with E-state index in [9.17, 15) is 16.8 Å². The summed E-state index contributed by atoms with van der Waals surface area (Å²) in [7, 11) is -8.35. The Hall–Kier alpha value is -0.640. The number of hydrogen-bond acceptors (Lipinski definition) is 5. The molecule has 0 saturated carbocycles. The Bertz CT molecular complexity index is 952. The van der Waals surface area contributed by atoms with Crippen LogP contribution in [0.3, 0.4) is 0 Å². The molecule has 0 spiro atoms. The number of hydrogen-bond donors (Lipinski definition) is 3. The van der Waals surface area contributed by atoms with Crippen LogP contribution in [0.2, 0.25) is 0 Å². The largest absolute Gasteiger partial charge is 0.397 e. The summed E-state index contributed by atoms with van der Waals surface area (Å²) in [5.74, 6) is 0. The van der Waals surface area contributed by atoms with Gasteiger partial charge in [-0.1, -0.05) is 6.07 Å². The van der Waals surface area contributed by atoms with Crippen molar-refractivity contribution in [1.82, 2.24) is 0 Å². The van der Waals surface area contributed by atoms with Crippen LogP contribution in [-0.2, 0) is 20.1 Å². The minimum atomic E-state index is -4.42. The lowest BCUT2D eigenvalue weighted by molar-refractivity contribution is 0.483. The first-order valence-corrected chi connectivity index (χ1v) is 10.9. The van der Waals surface area contributed by atoms with Crippen LogP contribution in [0.5, 0.6) is 0 Å². The molecule has 0 fully saturated rings. The topological polar surface area (TPSA) is 127 Å². The van der Waals surface area contributed by atoms with Crippen LogP contribution in [0, 0.1) is 7.14 Å². The Morgan fingerprint density at radius 3 is 2.04 bits per heavy atom. The fraction of sp³-hybridized carbons (Fsp3) is 0. The predicted octanol–water partition coefficient (Wildman–Crippen LogP) is 2.53. The maximum Gasteiger partial charge on any atom is 0.294 e. The van der Waals surface area contributed by atoms with Crippen LogP contribution >= 0.6 is 45.2 Å². The average molecular weight is 580 g/mol. The van der Waals surface area contributed by atoms with E-state index >= 15 is 0 Å². The van der Waals surface area contributed by atoms with Gasteiger partial charge in [-0.25, -0.2) is 8.42 Å². The van der Waals surface area contributed by atoms with Crippen molar-refractivity contribution in [3.8, 4) is 0 Å². The third kappa shape index (κ3) is 4.46. The Balaban J connectivity index is 2.43. The molecule has 0 amide bonds. The quantitative estimate of drug-likeness (QED) is 0.290. The van der Waals surface area contributed by atoms with E-state index in [-0.39, 0.29) is 10.6 Å². The minimum absolute atomic E-state index is 0.00208. The summed E-state index contributed by atoms with van der Waals surface area (Å²) in [4.78, 5) is -0.406. The maximum atomic E-state index is 12.4. The Labute approximate surface area is 160 Å². The van der Waals surface area contributed by atoms with Gasteiger partial charge in [-0.3, -0.25) is 9.27 Å². The number of nitrogens with one attached hydrogen (secondary N) is 1. The second-order valence-electron chi connectivity index (χ2n) is 4.41. The molecule has 11 heteroatoms. The third-order valence-corrected chi connectivity index (χ3v) is 6.74. The van der Waals surface area contributed by atoms with Gasteiger partial charge in [0.2, 0.25) is 0 Å². The highest BCUT2D eigenvalue weighted by Gasteiger charge is 2.18. The molecule has 124 valence electrons. The number of sulfonamides is 1. The molecule has 0 aliphatic carbocycles. The summed E-state index contributed by atoms with van der Waals surface area (Å²) in [6.07, 6.45) is 0. The van der Waals surface area contributed by atoms with E-state index in [4.69, 9.17) is 10.3 Å². The molecule has 0 saturated heterocycles. The number of benzene rings is 2. The van der Waals surface area contributed by atoms with Crippen molar-refractivity contribution < 1.29 is 21.4 Å². The van der Waals surface area contributed by atoms with E-state index in [1.807, 2.05) is 45.2 Å². The second kappa shape index (κ2) is 6.70. The summed E-state index contributed by atoms with van der Waals surface area (Å²) in [5.41, 5.74) is 6.29. The maximum absolute atomic E-state index is 12.4. The molecule has 2 aromatic rings. The predicted molar refractivity (Wildman–Crippen MR) is 103 cm³/mol. The van der Waals surface area contributed by atoms with Gasteiger partial charge in [-0.05, 0) is 75.5 Å². The van der Waals surface area contributed by atoms with E-state index < -0.39 is 25.0 Å². The molecule has 0 aliphatic rings. The van der Waals surface area contributed by atoms with Crippen molar-refractivity contribution in [3.63, 3.8) is 0 Å². The van der Waals surface area contributed by atoms with Gasteiger partial charge >= 0.3 is 0 Å². The van der Waals surface area contributed by atoms with Crippen LogP contribution in [0.25, 0.3) is 0 Å². The molecule has 23 heavy (non-hydrogen) atoms. The number of halogens is 2. The molecule has 0 radical (unpaired) electrons. The third-order valence-electron chi connectivity index (χ3n) is 2.75. The first kappa shape index (κ1) is 18.7. The molecular weight excluding hydrogens is 570 g/mol. The molecule has 4 N–H and O–H groups in total. The van der Waals surface area contributed by atoms with Crippen molar-refractivity contribution in [2.45, 2.75) is 9.79 Å². The van der Waals surface area contributed by atoms with Gasteiger partial charge in [0.25, 0.3) is 20.1 Å². The van der Waals surface area contributed by atoms with Gasteiger partial charge in [-0.15, -0.1) is 0 Å². The van der Waals surface area contributed by atoms with Crippen molar-refractivity contribution in [2.75, 3.05) is 10.5 Å². The van der Waals surface area contributed by atoms with Gasteiger partial charge in [-0.2, -0.15) is 8.42 Å². The van der Waals surface area contributed by atoms with E-state index in [1.165, 1.54) is 24.3 Å². The van der Waals surface area contributed by atoms with Crippen molar-refractivity contribution in [2.24, 2.45) is 0 Å². The molecule has 0 bridgehead atoms. The average Bonchev–Trinajstić information content (AvgIpc) is 2.43. The first-order chi connectivity index (χ1) is 10.5. The minimum Gasteiger partial charge on any atom is -0.397 e. The van der Waals surface area contributed by atoms with Crippen molar-refractivity contribution in [1.29, 1.82) is 0 Å². The molecule has 0 heterocycles. The molecular formula is C12H10I2N2O5S2. The summed E-state index contributed by atoms with van der Waals surface area (Å²) in [6, 6.07) is 7.69. The van der Waals surface area contributed by atoms with E-state index in [0.29, 0.717) is 12.8 Å². The van der Waals surface area contributed by atoms with Crippen LogP contribution < -0.4 is 10.5 Å². The summed E-state index contributed by atoms with van der Waals surface area (Å²) in [6.45, 7) is 0. The van der Waals surface area contributed by atoms with Gasteiger partial charge in [0.15, 0.2) is 0 Å². The molecule has 7 nitrogen and oxygen atoms in total. The smallest absolute Gasteiger partial charge is 0.294 e. The van der Waals surface area contributed by atoms with Crippen molar-refractivity contribution >= 4 is 76.7 Å². The zero-order chi connectivity index (χ0) is 17.4. The Morgan fingerprint density at radius 1 is 0.957 bits per heavy atom. The van der Waals surface area contributed by atoms with E-state index in [2.05, 4.69) is 4.72 Å². The number of nitrogen functional groups attached to an aromatic ring is 1. The molecule has 0 atom stereocenters. The lowest BCUT2D eigenvalue weighted by Crippen LogP contribution is -2.14. The Kier molecular flexibility index (Phi) is 5.44. The number of rotatable bonds is 4. The van der Waals surface area contributed by atoms with Gasteiger partial charge in [0.05, 0.1) is 21.2 Å².